The first-order chi connectivity index (χ1) is 8.06. The maximum Gasteiger partial charge on any atom is 0.253 e. The van der Waals surface area contributed by atoms with Gasteiger partial charge in [-0.05, 0) is 32.4 Å². The molecule has 0 unspecified atom stereocenters. The fourth-order valence-corrected chi connectivity index (χ4v) is 2.14. The van der Waals surface area contributed by atoms with Crippen LogP contribution in [-0.2, 0) is 6.54 Å². The summed E-state index contributed by atoms with van der Waals surface area (Å²) in [4.78, 5) is 11.9. The highest BCUT2D eigenvalue weighted by molar-refractivity contribution is 5.28. The number of hydrogen-bond donors (Lipinski definition) is 0. The number of rotatable bonds is 2. The highest BCUT2D eigenvalue weighted by Crippen LogP contribution is 2.09. The molecule has 0 aliphatic carbocycles. The van der Waals surface area contributed by atoms with Crippen LogP contribution in [0.25, 0.3) is 0 Å². The summed E-state index contributed by atoms with van der Waals surface area (Å²) < 4.78 is 1.75. The second kappa shape index (κ2) is 4.58. The Labute approximate surface area is 102 Å². The maximum atomic E-state index is 11.9. The summed E-state index contributed by atoms with van der Waals surface area (Å²) in [6.45, 7) is 6.65. The van der Waals surface area contributed by atoms with E-state index in [1.54, 1.807) is 4.57 Å². The predicted octanol–water partition coefficient (Wildman–Crippen LogP) is 2.82. The summed E-state index contributed by atoms with van der Waals surface area (Å²) in [7, 11) is 0. The lowest BCUT2D eigenvalue weighted by atomic mass is 10.1. The third-order valence-electron chi connectivity index (χ3n) is 2.84. The van der Waals surface area contributed by atoms with Crippen molar-refractivity contribution in [3.63, 3.8) is 0 Å². The lowest BCUT2D eigenvalue weighted by Crippen LogP contribution is -2.21. The molecule has 0 spiro atoms. The van der Waals surface area contributed by atoms with Crippen LogP contribution in [0.15, 0.2) is 41.3 Å². The highest BCUT2D eigenvalue weighted by atomic mass is 16.1. The van der Waals surface area contributed by atoms with Crippen molar-refractivity contribution in [1.29, 1.82) is 0 Å². The van der Waals surface area contributed by atoms with Crippen molar-refractivity contribution in [3.8, 4) is 0 Å². The number of aryl methyl sites for hydroxylation is 3. The minimum atomic E-state index is 0.0895. The van der Waals surface area contributed by atoms with Crippen molar-refractivity contribution in [2.24, 2.45) is 0 Å². The Kier molecular flexibility index (Phi) is 3.14. The van der Waals surface area contributed by atoms with E-state index in [0.717, 1.165) is 5.56 Å². The van der Waals surface area contributed by atoms with Gasteiger partial charge < -0.3 is 4.57 Å². The third-order valence-corrected chi connectivity index (χ3v) is 2.84. The minimum absolute atomic E-state index is 0.0895. The first kappa shape index (κ1) is 11.6. The molecule has 0 atom stereocenters. The zero-order valence-corrected chi connectivity index (χ0v) is 10.5. The van der Waals surface area contributed by atoms with Gasteiger partial charge in [-0.25, -0.2) is 0 Å². The van der Waals surface area contributed by atoms with Crippen LogP contribution >= 0.6 is 0 Å². The van der Waals surface area contributed by atoms with E-state index in [1.807, 2.05) is 25.3 Å². The van der Waals surface area contributed by atoms with Crippen molar-refractivity contribution in [3.05, 3.63) is 69.1 Å². The van der Waals surface area contributed by atoms with E-state index in [0.29, 0.717) is 6.54 Å². The van der Waals surface area contributed by atoms with Crippen molar-refractivity contribution in [2.45, 2.75) is 27.3 Å². The number of aromatic nitrogens is 1. The maximum absolute atomic E-state index is 11.9. The molecule has 0 aliphatic heterocycles. The lowest BCUT2D eigenvalue weighted by molar-refractivity contribution is 0.751. The lowest BCUT2D eigenvalue weighted by Gasteiger charge is -2.08. The standard InChI is InChI=1S/C15H17NO/c1-11-7-12(2)9-14(8-11)10-16-6-4-5-13(3)15(16)17/h4-9H,10H2,1-3H3. The molecule has 0 fully saturated rings. The Morgan fingerprint density at radius 2 is 1.71 bits per heavy atom. The van der Waals surface area contributed by atoms with Gasteiger partial charge >= 0.3 is 0 Å². The van der Waals surface area contributed by atoms with Gasteiger partial charge in [0.05, 0.1) is 6.54 Å². The molecular weight excluding hydrogens is 210 g/mol. The Morgan fingerprint density at radius 3 is 2.35 bits per heavy atom. The third kappa shape index (κ3) is 2.64. The number of nitrogens with zero attached hydrogens (tertiary/aromatic N) is 1. The van der Waals surface area contributed by atoms with E-state index in [2.05, 4.69) is 32.0 Å². The zero-order valence-electron chi connectivity index (χ0n) is 10.5. The topological polar surface area (TPSA) is 22.0 Å². The van der Waals surface area contributed by atoms with Crippen LogP contribution in [0.1, 0.15) is 22.3 Å². The van der Waals surface area contributed by atoms with Crippen molar-refractivity contribution in [2.75, 3.05) is 0 Å². The van der Waals surface area contributed by atoms with E-state index in [-0.39, 0.29) is 5.56 Å². The SMILES string of the molecule is Cc1cc(C)cc(Cn2cccc(C)c2=O)c1. The summed E-state index contributed by atoms with van der Waals surface area (Å²) in [6.07, 6.45) is 1.84. The molecule has 2 heteroatoms. The first-order valence-corrected chi connectivity index (χ1v) is 5.79. The summed E-state index contributed by atoms with van der Waals surface area (Å²) in [5.74, 6) is 0. The molecule has 88 valence electrons. The van der Waals surface area contributed by atoms with Crippen LogP contribution in [0.4, 0.5) is 0 Å². The monoisotopic (exact) mass is 227 g/mol. The van der Waals surface area contributed by atoms with Crippen molar-refractivity contribution in [1.82, 2.24) is 4.57 Å². The summed E-state index contributed by atoms with van der Waals surface area (Å²) in [6, 6.07) is 10.2. The van der Waals surface area contributed by atoms with E-state index in [9.17, 15) is 4.79 Å². The van der Waals surface area contributed by atoms with Crippen LogP contribution in [-0.4, -0.2) is 4.57 Å². The zero-order chi connectivity index (χ0) is 12.4. The van der Waals surface area contributed by atoms with Gasteiger partial charge in [0.1, 0.15) is 0 Å². The average Bonchev–Trinajstić information content (AvgIpc) is 2.23. The van der Waals surface area contributed by atoms with Gasteiger partial charge in [-0.2, -0.15) is 0 Å². The van der Waals surface area contributed by atoms with Crippen LogP contribution in [0.3, 0.4) is 0 Å². The fourth-order valence-electron chi connectivity index (χ4n) is 2.14. The van der Waals surface area contributed by atoms with E-state index in [4.69, 9.17) is 0 Å². The van der Waals surface area contributed by atoms with Gasteiger partial charge in [0.25, 0.3) is 5.56 Å². The Hall–Kier alpha value is -1.83. The van der Waals surface area contributed by atoms with E-state index < -0.39 is 0 Å². The van der Waals surface area contributed by atoms with Crippen LogP contribution < -0.4 is 5.56 Å². The Balaban J connectivity index is 2.38. The number of hydrogen-bond acceptors (Lipinski definition) is 1. The van der Waals surface area contributed by atoms with Gasteiger partial charge in [0, 0.05) is 11.8 Å². The van der Waals surface area contributed by atoms with Gasteiger partial charge in [-0.3, -0.25) is 4.79 Å². The molecule has 0 aliphatic rings. The van der Waals surface area contributed by atoms with Crippen LogP contribution in [0.5, 0.6) is 0 Å². The molecule has 1 heterocycles. The summed E-state index contributed by atoms with van der Waals surface area (Å²) in [5.41, 5.74) is 4.53. The second-order valence-electron chi connectivity index (χ2n) is 4.62. The molecule has 0 saturated heterocycles. The fraction of sp³-hybridized carbons (Fsp3) is 0.267. The van der Waals surface area contributed by atoms with E-state index >= 15 is 0 Å². The Bertz CT molecular complexity index is 576. The summed E-state index contributed by atoms with van der Waals surface area (Å²) in [5, 5.41) is 0. The van der Waals surface area contributed by atoms with E-state index in [1.165, 1.54) is 16.7 Å². The van der Waals surface area contributed by atoms with Gasteiger partial charge in [0.15, 0.2) is 0 Å². The molecule has 17 heavy (non-hydrogen) atoms. The molecule has 0 radical (unpaired) electrons. The molecule has 2 rings (SSSR count). The average molecular weight is 227 g/mol. The number of benzene rings is 1. The number of pyridine rings is 1. The van der Waals surface area contributed by atoms with Crippen LogP contribution in [0.2, 0.25) is 0 Å². The molecular formula is C15H17NO. The van der Waals surface area contributed by atoms with Crippen molar-refractivity contribution >= 4 is 0 Å². The molecule has 2 aromatic rings. The molecule has 2 nitrogen and oxygen atoms in total. The quantitative estimate of drug-likeness (QED) is 0.773. The Morgan fingerprint density at radius 1 is 1.06 bits per heavy atom. The first-order valence-electron chi connectivity index (χ1n) is 5.79. The minimum Gasteiger partial charge on any atom is -0.311 e. The largest absolute Gasteiger partial charge is 0.311 e. The van der Waals surface area contributed by atoms with Gasteiger partial charge in [-0.15, -0.1) is 0 Å². The molecule has 0 N–H and O–H groups in total. The normalized spacial score (nSPS) is 10.5. The predicted molar refractivity (Wildman–Crippen MR) is 70.5 cm³/mol. The van der Waals surface area contributed by atoms with Gasteiger partial charge in [0.2, 0.25) is 0 Å². The van der Waals surface area contributed by atoms with Crippen LogP contribution in [0, 0.1) is 20.8 Å². The highest BCUT2D eigenvalue weighted by Gasteiger charge is 2.01. The molecule has 0 amide bonds. The van der Waals surface area contributed by atoms with Crippen molar-refractivity contribution < 1.29 is 0 Å². The molecule has 1 aromatic heterocycles. The second-order valence-corrected chi connectivity index (χ2v) is 4.62. The van der Waals surface area contributed by atoms with Gasteiger partial charge in [-0.1, -0.05) is 35.4 Å². The molecule has 0 bridgehead atoms. The smallest absolute Gasteiger partial charge is 0.253 e. The summed E-state index contributed by atoms with van der Waals surface area (Å²) >= 11 is 0. The molecule has 0 saturated carbocycles. The molecule has 1 aromatic carbocycles.